The van der Waals surface area contributed by atoms with Gasteiger partial charge in [-0.3, -0.25) is 9.59 Å². The van der Waals surface area contributed by atoms with Crippen LogP contribution in [0.2, 0.25) is 0 Å². The van der Waals surface area contributed by atoms with E-state index in [0.29, 0.717) is 39.7 Å². The quantitative estimate of drug-likeness (QED) is 0.354. The molecule has 0 fully saturated rings. The summed E-state index contributed by atoms with van der Waals surface area (Å²) in [7, 11) is 0.162. The third-order valence-corrected chi connectivity index (χ3v) is 8.31. The molecule has 1 heterocycles. The molecule has 0 bridgehead atoms. The number of thiazole rings is 1. The number of hydrogen-bond acceptors (Lipinski definition) is 8. The van der Waals surface area contributed by atoms with E-state index in [2.05, 4.69) is 11.1 Å². The fourth-order valence-corrected chi connectivity index (χ4v) is 5.24. The Labute approximate surface area is 233 Å². The summed E-state index contributed by atoms with van der Waals surface area (Å²) in [5.41, 5.74) is 2.09. The van der Waals surface area contributed by atoms with Gasteiger partial charge in [0.15, 0.2) is 0 Å². The first kappa shape index (κ1) is 29.8. The van der Waals surface area contributed by atoms with Crippen LogP contribution in [0.15, 0.2) is 48.5 Å². The lowest BCUT2D eigenvalue weighted by atomic mass is 10.0. The lowest BCUT2D eigenvalue weighted by Gasteiger charge is -2.22. The maximum atomic E-state index is 13.5. The Morgan fingerprint density at radius 1 is 1.15 bits per heavy atom. The number of benzene rings is 2. The SMILES string of the molecule is COc1ccc(CC(=O)N(CCCc2ccccc2)Cc2nc(C(=O)NS(=O)(=O)N(C)C)c(C)s2)c(C#N)c1. The maximum Gasteiger partial charge on any atom is 0.303 e. The number of nitrogens with one attached hydrogen (secondary N) is 1. The highest BCUT2D eigenvalue weighted by atomic mass is 32.2. The molecule has 206 valence electrons. The van der Waals surface area contributed by atoms with Crippen LogP contribution in [-0.2, 0) is 34.4 Å². The first-order valence-electron chi connectivity index (χ1n) is 12.1. The lowest BCUT2D eigenvalue weighted by Crippen LogP contribution is -2.39. The van der Waals surface area contributed by atoms with Crippen LogP contribution in [0.4, 0.5) is 0 Å². The van der Waals surface area contributed by atoms with Crippen LogP contribution < -0.4 is 9.46 Å². The summed E-state index contributed by atoms with van der Waals surface area (Å²) in [6, 6.07) is 17.1. The molecule has 0 radical (unpaired) electrons. The number of carbonyl (C=O) groups excluding carboxylic acids is 2. The number of aryl methyl sites for hydroxylation is 2. The second-order valence-electron chi connectivity index (χ2n) is 8.95. The summed E-state index contributed by atoms with van der Waals surface area (Å²) in [5, 5.41) is 10.1. The van der Waals surface area contributed by atoms with Gasteiger partial charge in [0, 0.05) is 25.5 Å². The molecule has 2 amide bonds. The summed E-state index contributed by atoms with van der Waals surface area (Å²) in [5.74, 6) is -0.496. The summed E-state index contributed by atoms with van der Waals surface area (Å²) in [4.78, 5) is 32.6. The van der Waals surface area contributed by atoms with Crippen LogP contribution in [0.5, 0.6) is 5.75 Å². The monoisotopic (exact) mass is 569 g/mol. The fourth-order valence-electron chi connectivity index (χ4n) is 3.78. The van der Waals surface area contributed by atoms with Gasteiger partial charge in [-0.15, -0.1) is 11.3 Å². The highest BCUT2D eigenvalue weighted by molar-refractivity contribution is 7.87. The number of carbonyl (C=O) groups is 2. The van der Waals surface area contributed by atoms with Crippen molar-refractivity contribution in [1.82, 2.24) is 18.9 Å². The zero-order valence-electron chi connectivity index (χ0n) is 22.3. The molecule has 0 saturated heterocycles. The predicted molar refractivity (Wildman–Crippen MR) is 149 cm³/mol. The van der Waals surface area contributed by atoms with Crippen molar-refractivity contribution in [3.8, 4) is 11.8 Å². The van der Waals surface area contributed by atoms with Crippen LogP contribution in [0, 0.1) is 18.3 Å². The van der Waals surface area contributed by atoms with Gasteiger partial charge >= 0.3 is 10.2 Å². The molecule has 0 atom stereocenters. The predicted octanol–water partition coefficient (Wildman–Crippen LogP) is 3.07. The molecule has 39 heavy (non-hydrogen) atoms. The van der Waals surface area contributed by atoms with E-state index in [1.165, 1.54) is 32.5 Å². The average molecular weight is 570 g/mol. The minimum absolute atomic E-state index is 0.000898. The molecule has 0 aliphatic heterocycles. The van der Waals surface area contributed by atoms with Crippen LogP contribution in [-0.4, -0.2) is 62.2 Å². The number of nitrogens with zero attached hydrogens (tertiary/aromatic N) is 4. The third kappa shape index (κ3) is 8.10. The highest BCUT2D eigenvalue weighted by Gasteiger charge is 2.24. The van der Waals surface area contributed by atoms with Gasteiger partial charge in [0.05, 0.1) is 31.7 Å². The van der Waals surface area contributed by atoms with E-state index in [1.807, 2.05) is 35.1 Å². The van der Waals surface area contributed by atoms with Gasteiger partial charge in [0.1, 0.15) is 16.5 Å². The molecule has 1 N–H and O–H groups in total. The molecule has 0 saturated carbocycles. The molecule has 2 aromatic carbocycles. The molecular formula is C27H31N5O5S2. The van der Waals surface area contributed by atoms with E-state index in [0.717, 1.165) is 16.3 Å². The van der Waals surface area contributed by atoms with E-state index in [-0.39, 0.29) is 24.6 Å². The van der Waals surface area contributed by atoms with E-state index < -0.39 is 16.1 Å². The number of rotatable bonds is 12. The van der Waals surface area contributed by atoms with E-state index in [4.69, 9.17) is 4.74 Å². The Morgan fingerprint density at radius 3 is 2.51 bits per heavy atom. The summed E-state index contributed by atoms with van der Waals surface area (Å²) in [6.07, 6.45) is 1.48. The van der Waals surface area contributed by atoms with Crippen LogP contribution in [0.25, 0.3) is 0 Å². The minimum atomic E-state index is -3.98. The van der Waals surface area contributed by atoms with Gasteiger partial charge in [0.2, 0.25) is 5.91 Å². The Balaban J connectivity index is 1.81. The summed E-state index contributed by atoms with van der Waals surface area (Å²) in [6.45, 7) is 2.25. The van der Waals surface area contributed by atoms with Crippen LogP contribution >= 0.6 is 11.3 Å². The largest absolute Gasteiger partial charge is 0.497 e. The van der Waals surface area contributed by atoms with Crippen molar-refractivity contribution in [2.24, 2.45) is 0 Å². The number of ether oxygens (including phenoxy) is 1. The number of methoxy groups -OCH3 is 1. The lowest BCUT2D eigenvalue weighted by molar-refractivity contribution is -0.131. The third-order valence-electron chi connectivity index (χ3n) is 5.95. The van der Waals surface area contributed by atoms with E-state index >= 15 is 0 Å². The normalized spacial score (nSPS) is 11.2. The smallest absolute Gasteiger partial charge is 0.303 e. The number of hydrogen-bond donors (Lipinski definition) is 1. The maximum absolute atomic E-state index is 13.5. The minimum Gasteiger partial charge on any atom is -0.497 e. The van der Waals surface area contributed by atoms with Crippen molar-refractivity contribution in [3.05, 3.63) is 80.8 Å². The first-order valence-corrected chi connectivity index (χ1v) is 14.4. The summed E-state index contributed by atoms with van der Waals surface area (Å²) < 4.78 is 32.3. The van der Waals surface area contributed by atoms with Crippen LogP contribution in [0.1, 0.15) is 43.5 Å². The van der Waals surface area contributed by atoms with Crippen LogP contribution in [0.3, 0.4) is 0 Å². The molecule has 0 aliphatic rings. The fraction of sp³-hybridized carbons (Fsp3) is 0.333. The zero-order valence-corrected chi connectivity index (χ0v) is 23.9. The molecule has 3 aromatic rings. The van der Waals surface area contributed by atoms with E-state index in [1.54, 1.807) is 30.0 Å². The molecule has 0 unspecified atom stereocenters. The molecule has 1 aromatic heterocycles. The van der Waals surface area contributed by atoms with Crippen molar-refractivity contribution in [1.29, 1.82) is 5.26 Å². The van der Waals surface area contributed by atoms with Crippen molar-refractivity contribution in [3.63, 3.8) is 0 Å². The van der Waals surface area contributed by atoms with Crippen molar-refractivity contribution in [2.45, 2.75) is 32.7 Å². The first-order chi connectivity index (χ1) is 18.5. The number of aromatic nitrogens is 1. The molecule has 3 rings (SSSR count). The van der Waals surface area contributed by atoms with Gasteiger partial charge in [-0.05, 0) is 43.0 Å². The standard InChI is InChI=1S/C27H31N5O5S2/c1-19-26(27(34)30-39(35,36)31(2)3)29-24(38-19)18-32(14-8-11-20-9-6-5-7-10-20)25(33)16-21-12-13-23(37-4)15-22(21)17-28/h5-7,9-10,12-13,15H,8,11,14,16,18H2,1-4H3,(H,30,34). The average Bonchev–Trinajstić information content (AvgIpc) is 3.28. The second kappa shape index (κ2) is 13.3. The number of nitriles is 1. The Morgan fingerprint density at radius 2 is 1.87 bits per heavy atom. The van der Waals surface area contributed by atoms with Crippen molar-refractivity contribution >= 4 is 33.4 Å². The van der Waals surface area contributed by atoms with E-state index in [9.17, 15) is 23.3 Å². The van der Waals surface area contributed by atoms with Gasteiger partial charge in [-0.25, -0.2) is 9.71 Å². The number of amides is 2. The molecule has 10 nitrogen and oxygen atoms in total. The van der Waals surface area contributed by atoms with Crippen molar-refractivity contribution in [2.75, 3.05) is 27.7 Å². The Kier molecular flexibility index (Phi) is 10.2. The molecule has 0 spiro atoms. The Hall–Kier alpha value is -3.79. The molecule has 12 heteroatoms. The van der Waals surface area contributed by atoms with Gasteiger partial charge in [-0.1, -0.05) is 36.4 Å². The second-order valence-corrected chi connectivity index (χ2v) is 12.1. The summed E-state index contributed by atoms with van der Waals surface area (Å²) >= 11 is 1.23. The Bertz CT molecular complexity index is 1460. The van der Waals surface area contributed by atoms with Gasteiger partial charge < -0.3 is 9.64 Å². The topological polar surface area (TPSA) is 133 Å². The molecular weight excluding hydrogens is 538 g/mol. The van der Waals surface area contributed by atoms with Gasteiger partial charge in [-0.2, -0.15) is 18.0 Å². The highest BCUT2D eigenvalue weighted by Crippen LogP contribution is 2.22. The molecule has 0 aliphatic carbocycles. The zero-order chi connectivity index (χ0) is 28.6. The van der Waals surface area contributed by atoms with Gasteiger partial charge in [0.25, 0.3) is 5.91 Å². The van der Waals surface area contributed by atoms with Crippen molar-refractivity contribution < 1.29 is 22.7 Å².